The Bertz CT molecular complexity index is 823. The number of hydrogen-bond acceptors (Lipinski definition) is 5. The molecule has 2 unspecified atom stereocenters. The third-order valence-corrected chi connectivity index (χ3v) is 5.02. The molecule has 0 bridgehead atoms. The van der Waals surface area contributed by atoms with Crippen molar-refractivity contribution < 1.29 is 23.9 Å². The van der Waals surface area contributed by atoms with E-state index in [1.807, 2.05) is 12.1 Å². The molecule has 0 radical (unpaired) electrons. The first-order valence-electron chi connectivity index (χ1n) is 10.1. The van der Waals surface area contributed by atoms with E-state index in [1.165, 1.54) is 0 Å². The Balaban J connectivity index is 2.09. The fourth-order valence-electron chi connectivity index (χ4n) is 3.51. The van der Waals surface area contributed by atoms with Gasteiger partial charge in [0.2, 0.25) is 0 Å². The summed E-state index contributed by atoms with van der Waals surface area (Å²) in [6.45, 7) is 6.32. The van der Waals surface area contributed by atoms with Crippen LogP contribution in [0.3, 0.4) is 0 Å². The highest BCUT2D eigenvalue weighted by atomic mass is 16.5. The van der Waals surface area contributed by atoms with Crippen LogP contribution in [0.25, 0.3) is 5.57 Å². The molecule has 0 heterocycles. The van der Waals surface area contributed by atoms with Gasteiger partial charge in [-0.15, -0.1) is 0 Å². The SMILES string of the molecule is CCOC(=O)C#CCCC(C)C1CCC(=O)C=C1c1ccc(C(=O)OCC)cc1. The average Bonchev–Trinajstić information content (AvgIpc) is 2.71. The minimum absolute atomic E-state index is 0.125. The number of rotatable bonds is 7. The lowest BCUT2D eigenvalue weighted by molar-refractivity contribution is -0.136. The predicted octanol–water partition coefficient (Wildman–Crippen LogP) is 4.21. The highest BCUT2D eigenvalue weighted by Gasteiger charge is 2.27. The standard InChI is InChI=1S/C24H28O5/c1-4-28-23(26)9-7-6-8-17(3)21-15-14-20(25)16-22(21)18-10-12-19(13-11-18)24(27)29-5-2/h10-13,16-17,21H,4-6,8,14-15H2,1-3H3. The maximum absolute atomic E-state index is 12.0. The Hall–Kier alpha value is -2.87. The minimum atomic E-state index is -0.495. The molecular formula is C24H28O5. The summed E-state index contributed by atoms with van der Waals surface area (Å²) in [6, 6.07) is 7.22. The maximum atomic E-state index is 12.0. The van der Waals surface area contributed by atoms with E-state index in [2.05, 4.69) is 18.8 Å². The van der Waals surface area contributed by atoms with Crippen molar-refractivity contribution in [3.05, 3.63) is 41.5 Å². The molecule has 0 aromatic heterocycles. The normalized spacial score (nSPS) is 16.9. The van der Waals surface area contributed by atoms with Crippen LogP contribution < -0.4 is 0 Å². The molecule has 154 valence electrons. The number of allylic oxidation sites excluding steroid dienone is 2. The number of benzene rings is 1. The molecule has 5 nitrogen and oxygen atoms in total. The quantitative estimate of drug-likeness (QED) is 0.392. The molecule has 1 aliphatic rings. The Morgan fingerprint density at radius 1 is 1.14 bits per heavy atom. The first kappa shape index (κ1) is 22.4. The zero-order valence-electron chi connectivity index (χ0n) is 17.3. The molecule has 0 saturated heterocycles. The van der Waals surface area contributed by atoms with Gasteiger partial charge in [0, 0.05) is 18.8 Å². The summed E-state index contributed by atoms with van der Waals surface area (Å²) in [7, 11) is 0. The lowest BCUT2D eigenvalue weighted by atomic mass is 9.75. The van der Waals surface area contributed by atoms with E-state index in [4.69, 9.17) is 9.47 Å². The van der Waals surface area contributed by atoms with Crippen molar-refractivity contribution in [2.24, 2.45) is 11.8 Å². The van der Waals surface area contributed by atoms with Crippen molar-refractivity contribution in [1.29, 1.82) is 0 Å². The number of carbonyl (C=O) groups excluding carboxylic acids is 3. The molecule has 2 rings (SSSR count). The van der Waals surface area contributed by atoms with Gasteiger partial charge in [-0.3, -0.25) is 4.79 Å². The molecule has 0 saturated carbocycles. The topological polar surface area (TPSA) is 69.7 Å². The number of ketones is 1. The second-order valence-electron chi connectivity index (χ2n) is 7.05. The van der Waals surface area contributed by atoms with Crippen LogP contribution in [0.15, 0.2) is 30.3 Å². The van der Waals surface area contributed by atoms with Crippen molar-refractivity contribution >= 4 is 23.3 Å². The fraction of sp³-hybridized carbons (Fsp3) is 0.458. The Morgan fingerprint density at radius 2 is 1.83 bits per heavy atom. The third kappa shape index (κ3) is 6.60. The largest absolute Gasteiger partial charge is 0.462 e. The molecule has 0 fully saturated rings. The summed E-state index contributed by atoms with van der Waals surface area (Å²) >= 11 is 0. The highest BCUT2D eigenvalue weighted by Crippen LogP contribution is 2.38. The van der Waals surface area contributed by atoms with Crippen molar-refractivity contribution in [1.82, 2.24) is 0 Å². The van der Waals surface area contributed by atoms with Gasteiger partial charge < -0.3 is 9.47 Å². The predicted molar refractivity (Wildman–Crippen MR) is 111 cm³/mol. The van der Waals surface area contributed by atoms with E-state index >= 15 is 0 Å². The van der Waals surface area contributed by atoms with E-state index in [0.29, 0.717) is 37.5 Å². The Morgan fingerprint density at radius 3 is 2.48 bits per heavy atom. The summed E-state index contributed by atoms with van der Waals surface area (Å²) in [5.74, 6) is 5.18. The van der Waals surface area contributed by atoms with Crippen molar-refractivity contribution in [3.63, 3.8) is 0 Å². The van der Waals surface area contributed by atoms with E-state index in [0.717, 1.165) is 24.0 Å². The van der Waals surface area contributed by atoms with Crippen molar-refractivity contribution in [2.75, 3.05) is 13.2 Å². The lowest BCUT2D eigenvalue weighted by Crippen LogP contribution is -2.20. The Kier molecular flexibility index (Phi) is 8.67. The lowest BCUT2D eigenvalue weighted by Gasteiger charge is -2.29. The van der Waals surface area contributed by atoms with Gasteiger partial charge in [-0.05, 0) is 67.9 Å². The number of carbonyl (C=O) groups is 3. The van der Waals surface area contributed by atoms with Crippen LogP contribution in [0.5, 0.6) is 0 Å². The third-order valence-electron chi connectivity index (χ3n) is 5.02. The van der Waals surface area contributed by atoms with Crippen molar-refractivity contribution in [3.8, 4) is 11.8 Å². The highest BCUT2D eigenvalue weighted by molar-refractivity contribution is 5.99. The molecule has 5 heteroatoms. The van der Waals surface area contributed by atoms with Crippen molar-refractivity contribution in [2.45, 2.75) is 46.5 Å². The first-order chi connectivity index (χ1) is 14.0. The molecule has 0 N–H and O–H groups in total. The molecule has 2 atom stereocenters. The van der Waals surface area contributed by atoms with E-state index in [9.17, 15) is 14.4 Å². The van der Waals surface area contributed by atoms with Crippen LogP contribution in [-0.2, 0) is 19.1 Å². The number of esters is 2. The van der Waals surface area contributed by atoms with Gasteiger partial charge in [-0.1, -0.05) is 25.0 Å². The Labute approximate surface area is 172 Å². The summed E-state index contributed by atoms with van der Waals surface area (Å²) in [5, 5.41) is 0. The molecule has 1 aromatic carbocycles. The smallest absolute Gasteiger partial charge is 0.384 e. The second-order valence-corrected chi connectivity index (χ2v) is 7.05. The fourth-order valence-corrected chi connectivity index (χ4v) is 3.51. The van der Waals surface area contributed by atoms with Gasteiger partial charge >= 0.3 is 11.9 Å². The molecule has 1 aromatic rings. The monoisotopic (exact) mass is 396 g/mol. The molecule has 0 aliphatic heterocycles. The second kappa shape index (κ2) is 11.2. The zero-order chi connectivity index (χ0) is 21.2. The molecule has 1 aliphatic carbocycles. The van der Waals surface area contributed by atoms with E-state index in [-0.39, 0.29) is 17.7 Å². The van der Waals surface area contributed by atoms with Gasteiger partial charge in [0.25, 0.3) is 0 Å². The van der Waals surface area contributed by atoms with Gasteiger partial charge in [0.15, 0.2) is 5.78 Å². The summed E-state index contributed by atoms with van der Waals surface area (Å²) < 4.78 is 9.82. The summed E-state index contributed by atoms with van der Waals surface area (Å²) in [4.78, 5) is 35.2. The first-order valence-corrected chi connectivity index (χ1v) is 10.1. The van der Waals surface area contributed by atoms with Crippen LogP contribution in [0.2, 0.25) is 0 Å². The number of hydrogen-bond donors (Lipinski definition) is 0. The van der Waals surface area contributed by atoms with Gasteiger partial charge in [0.1, 0.15) is 0 Å². The van der Waals surface area contributed by atoms with Crippen LogP contribution in [-0.4, -0.2) is 30.9 Å². The minimum Gasteiger partial charge on any atom is -0.462 e. The van der Waals surface area contributed by atoms with Crippen LogP contribution in [0.1, 0.15) is 62.4 Å². The average molecular weight is 396 g/mol. The number of ether oxygens (including phenoxy) is 2. The van der Waals surface area contributed by atoms with Gasteiger partial charge in [-0.25, -0.2) is 9.59 Å². The summed E-state index contributed by atoms with van der Waals surface area (Å²) in [6.07, 6.45) is 4.47. The molecule has 29 heavy (non-hydrogen) atoms. The zero-order valence-corrected chi connectivity index (χ0v) is 17.3. The van der Waals surface area contributed by atoms with Crippen LogP contribution in [0.4, 0.5) is 0 Å². The van der Waals surface area contributed by atoms with E-state index < -0.39 is 5.97 Å². The van der Waals surface area contributed by atoms with Crippen LogP contribution >= 0.6 is 0 Å². The summed E-state index contributed by atoms with van der Waals surface area (Å²) in [5.41, 5.74) is 2.44. The van der Waals surface area contributed by atoms with Gasteiger partial charge in [0.05, 0.1) is 18.8 Å². The molecular weight excluding hydrogens is 368 g/mol. The van der Waals surface area contributed by atoms with Gasteiger partial charge in [-0.2, -0.15) is 0 Å². The van der Waals surface area contributed by atoms with E-state index in [1.54, 1.807) is 32.1 Å². The van der Waals surface area contributed by atoms with Crippen LogP contribution in [0, 0.1) is 23.7 Å². The maximum Gasteiger partial charge on any atom is 0.384 e. The molecule has 0 spiro atoms. The molecule has 0 amide bonds.